The molecule has 1 aromatic heterocycles. The molecule has 0 aromatic carbocycles. The molecular formula is C10H18N6O3. The third kappa shape index (κ3) is 3.48. The number of nitrogens with two attached hydrogens (primary N) is 1. The summed E-state index contributed by atoms with van der Waals surface area (Å²) in [6.45, 7) is 5.09. The van der Waals surface area contributed by atoms with Gasteiger partial charge in [-0.1, -0.05) is 6.92 Å². The second kappa shape index (κ2) is 6.25. The fourth-order valence-corrected chi connectivity index (χ4v) is 1.47. The van der Waals surface area contributed by atoms with Crippen LogP contribution in [0.25, 0.3) is 0 Å². The van der Waals surface area contributed by atoms with E-state index in [0.29, 0.717) is 0 Å². The monoisotopic (exact) mass is 270 g/mol. The van der Waals surface area contributed by atoms with Gasteiger partial charge in [-0.25, -0.2) is 10.8 Å². The largest absolute Gasteiger partial charge is 0.396 e. The van der Waals surface area contributed by atoms with Gasteiger partial charge in [0.2, 0.25) is 11.8 Å². The molecule has 1 aromatic rings. The van der Waals surface area contributed by atoms with Crippen LogP contribution in [0, 0.1) is 23.0 Å². The number of rotatable bonds is 6. The molecule has 0 aliphatic carbocycles. The summed E-state index contributed by atoms with van der Waals surface area (Å²) in [7, 11) is 0. The fraction of sp³-hybridized carbons (Fsp3) is 0.600. The van der Waals surface area contributed by atoms with E-state index in [9.17, 15) is 10.1 Å². The van der Waals surface area contributed by atoms with Gasteiger partial charge < -0.3 is 10.4 Å². The molecule has 0 saturated heterocycles. The van der Waals surface area contributed by atoms with E-state index >= 15 is 0 Å². The quantitative estimate of drug-likeness (QED) is 0.331. The van der Waals surface area contributed by atoms with Gasteiger partial charge in [0, 0.05) is 12.6 Å². The maximum Gasteiger partial charge on any atom is 0.332 e. The van der Waals surface area contributed by atoms with Crippen molar-refractivity contribution >= 4 is 17.5 Å². The molecule has 0 radical (unpaired) electrons. The smallest absolute Gasteiger partial charge is 0.332 e. The Kier molecular flexibility index (Phi) is 4.95. The molecule has 2 unspecified atom stereocenters. The normalized spacial score (nSPS) is 13.7. The van der Waals surface area contributed by atoms with Crippen LogP contribution in [0.15, 0.2) is 0 Å². The van der Waals surface area contributed by atoms with Gasteiger partial charge in [-0.3, -0.25) is 15.5 Å². The molecular weight excluding hydrogens is 252 g/mol. The molecule has 19 heavy (non-hydrogen) atoms. The summed E-state index contributed by atoms with van der Waals surface area (Å²) in [5, 5.41) is 23.0. The van der Waals surface area contributed by atoms with Crippen LogP contribution >= 0.6 is 0 Å². The molecule has 9 nitrogen and oxygen atoms in total. The van der Waals surface area contributed by atoms with Gasteiger partial charge in [0.05, 0.1) is 4.92 Å². The summed E-state index contributed by atoms with van der Waals surface area (Å²) in [5.74, 6) is 5.31. The summed E-state index contributed by atoms with van der Waals surface area (Å²) in [5.41, 5.74) is 2.27. The van der Waals surface area contributed by atoms with Crippen molar-refractivity contribution in [3.63, 3.8) is 0 Å². The first-order valence-electron chi connectivity index (χ1n) is 5.77. The van der Waals surface area contributed by atoms with E-state index in [1.165, 1.54) is 6.92 Å². The van der Waals surface area contributed by atoms with Crippen LogP contribution in [0.5, 0.6) is 0 Å². The van der Waals surface area contributed by atoms with Crippen molar-refractivity contribution in [2.75, 3.05) is 17.3 Å². The maximum absolute atomic E-state index is 11.0. The Morgan fingerprint density at radius 2 is 2.11 bits per heavy atom. The molecule has 0 aliphatic rings. The highest BCUT2D eigenvalue weighted by molar-refractivity contribution is 5.61. The van der Waals surface area contributed by atoms with Crippen LogP contribution in [0.3, 0.4) is 0 Å². The third-order valence-corrected chi connectivity index (χ3v) is 2.88. The number of nitrogen functional groups attached to an aromatic ring is 1. The predicted molar refractivity (Wildman–Crippen MR) is 70.6 cm³/mol. The second-order valence-corrected chi connectivity index (χ2v) is 4.32. The van der Waals surface area contributed by atoms with Gasteiger partial charge in [-0.05, 0) is 19.8 Å². The van der Waals surface area contributed by atoms with E-state index in [1.54, 1.807) is 6.92 Å². The Hall–Kier alpha value is -2.00. The maximum atomic E-state index is 11.0. The number of nitrogens with one attached hydrogen (secondary N) is 2. The van der Waals surface area contributed by atoms with Gasteiger partial charge in [0.15, 0.2) is 0 Å². The molecule has 1 heterocycles. The van der Waals surface area contributed by atoms with Crippen molar-refractivity contribution in [1.29, 1.82) is 0 Å². The number of nitrogens with zero attached hydrogens (tertiary/aromatic N) is 3. The number of aliphatic hydroxyl groups is 1. The van der Waals surface area contributed by atoms with E-state index in [1.807, 2.05) is 6.92 Å². The average molecular weight is 270 g/mol. The van der Waals surface area contributed by atoms with Gasteiger partial charge in [0.1, 0.15) is 5.69 Å². The lowest BCUT2D eigenvalue weighted by atomic mass is 10.1. The summed E-state index contributed by atoms with van der Waals surface area (Å²) in [6, 6.07) is -0.191. The Bertz CT molecular complexity index is 467. The molecule has 0 amide bonds. The Labute approximate surface area is 110 Å². The zero-order chi connectivity index (χ0) is 14.6. The average Bonchev–Trinajstić information content (AvgIpc) is 2.36. The van der Waals surface area contributed by atoms with Crippen molar-refractivity contribution < 1.29 is 10.0 Å². The minimum Gasteiger partial charge on any atom is -0.396 e. The molecule has 0 spiro atoms. The lowest BCUT2D eigenvalue weighted by Crippen LogP contribution is -2.27. The lowest BCUT2D eigenvalue weighted by Gasteiger charge is -2.20. The van der Waals surface area contributed by atoms with Crippen molar-refractivity contribution in [3.8, 4) is 0 Å². The first-order valence-corrected chi connectivity index (χ1v) is 5.77. The summed E-state index contributed by atoms with van der Waals surface area (Å²) in [4.78, 5) is 18.3. The number of aryl methyl sites for hydroxylation is 1. The molecule has 0 fully saturated rings. The van der Waals surface area contributed by atoms with Crippen LogP contribution in [0.4, 0.5) is 17.5 Å². The standard InChI is InChI=1S/C10H18N6O3/c1-5(4-17)6(2)12-9-8(16(18)19)7(3)13-10(14-9)15-11/h5-6,17H,4,11H2,1-3H3,(H2,12,13,14,15). The molecule has 5 N–H and O–H groups in total. The zero-order valence-electron chi connectivity index (χ0n) is 11.0. The minimum absolute atomic E-state index is 0.0337. The molecule has 106 valence electrons. The highest BCUT2D eigenvalue weighted by atomic mass is 16.6. The van der Waals surface area contributed by atoms with Crippen molar-refractivity contribution in [3.05, 3.63) is 15.8 Å². The molecule has 0 bridgehead atoms. The number of hydrazine groups is 1. The van der Waals surface area contributed by atoms with Gasteiger partial charge in [-0.2, -0.15) is 4.98 Å². The molecule has 2 atom stereocenters. The van der Waals surface area contributed by atoms with Crippen molar-refractivity contribution in [2.24, 2.45) is 11.8 Å². The van der Waals surface area contributed by atoms with E-state index in [-0.39, 0.29) is 41.7 Å². The highest BCUT2D eigenvalue weighted by Gasteiger charge is 2.24. The number of hydrogen-bond donors (Lipinski definition) is 4. The topological polar surface area (TPSA) is 139 Å². The predicted octanol–water partition coefficient (Wildman–Crippen LogP) is 0.408. The van der Waals surface area contributed by atoms with E-state index in [2.05, 4.69) is 20.7 Å². The van der Waals surface area contributed by atoms with Crippen LogP contribution in [0.2, 0.25) is 0 Å². The summed E-state index contributed by atoms with van der Waals surface area (Å²) < 4.78 is 0. The summed E-state index contributed by atoms with van der Waals surface area (Å²) >= 11 is 0. The van der Waals surface area contributed by atoms with E-state index < -0.39 is 4.92 Å². The van der Waals surface area contributed by atoms with Gasteiger partial charge >= 0.3 is 5.69 Å². The Morgan fingerprint density at radius 3 is 2.58 bits per heavy atom. The summed E-state index contributed by atoms with van der Waals surface area (Å²) in [6.07, 6.45) is 0. The highest BCUT2D eigenvalue weighted by Crippen LogP contribution is 2.27. The molecule has 0 aliphatic heterocycles. The first kappa shape index (κ1) is 15.1. The fourth-order valence-electron chi connectivity index (χ4n) is 1.47. The number of hydrogen-bond acceptors (Lipinski definition) is 8. The second-order valence-electron chi connectivity index (χ2n) is 4.32. The Balaban J connectivity index is 3.16. The number of anilines is 2. The van der Waals surface area contributed by atoms with Crippen LogP contribution < -0.4 is 16.6 Å². The van der Waals surface area contributed by atoms with Crippen molar-refractivity contribution in [2.45, 2.75) is 26.8 Å². The first-order chi connectivity index (χ1) is 8.90. The zero-order valence-corrected chi connectivity index (χ0v) is 11.0. The Morgan fingerprint density at radius 1 is 1.47 bits per heavy atom. The number of nitro groups is 1. The SMILES string of the molecule is Cc1nc(NN)nc(NC(C)C(C)CO)c1[N+](=O)[O-]. The van der Waals surface area contributed by atoms with Crippen LogP contribution in [-0.4, -0.2) is 32.6 Å². The van der Waals surface area contributed by atoms with Crippen LogP contribution in [0.1, 0.15) is 19.5 Å². The molecule has 9 heteroatoms. The number of aromatic nitrogens is 2. The van der Waals surface area contributed by atoms with Crippen molar-refractivity contribution in [1.82, 2.24) is 9.97 Å². The molecule has 1 rings (SSSR count). The van der Waals surface area contributed by atoms with Crippen LogP contribution in [-0.2, 0) is 0 Å². The van der Waals surface area contributed by atoms with Gasteiger partial charge in [0.25, 0.3) is 0 Å². The van der Waals surface area contributed by atoms with E-state index in [4.69, 9.17) is 10.9 Å². The number of aliphatic hydroxyl groups excluding tert-OH is 1. The van der Waals surface area contributed by atoms with E-state index in [0.717, 1.165) is 0 Å². The molecule has 0 saturated carbocycles. The third-order valence-electron chi connectivity index (χ3n) is 2.88. The minimum atomic E-state index is -0.547. The lowest BCUT2D eigenvalue weighted by molar-refractivity contribution is -0.385. The van der Waals surface area contributed by atoms with Gasteiger partial charge in [-0.15, -0.1) is 0 Å².